The predicted molar refractivity (Wildman–Crippen MR) is 111 cm³/mol. The third kappa shape index (κ3) is 11.0. The monoisotopic (exact) mass is 384 g/mol. The largest absolute Gasteiger partial charge is 0.871 e. The van der Waals surface area contributed by atoms with Gasteiger partial charge < -0.3 is 24.5 Å². The Bertz CT molecular complexity index is 606. The van der Waals surface area contributed by atoms with Crippen LogP contribution in [-0.4, -0.2) is 41.6 Å². The van der Waals surface area contributed by atoms with Crippen molar-refractivity contribution in [3.05, 3.63) is 72.8 Å². The molecule has 0 bridgehead atoms. The average molecular weight is 384 g/mol. The molecule has 1 aliphatic rings. The van der Waals surface area contributed by atoms with Crippen LogP contribution in [0.15, 0.2) is 72.8 Å². The molecular formula is C22H33BN2O3. The van der Waals surface area contributed by atoms with Crippen LogP contribution in [0.5, 0.6) is 0 Å². The second-order valence-corrected chi connectivity index (χ2v) is 7.05. The van der Waals surface area contributed by atoms with Gasteiger partial charge in [-0.1, -0.05) is 48.6 Å². The van der Waals surface area contributed by atoms with E-state index in [0.717, 1.165) is 19.3 Å². The molecular weight excluding hydrogens is 351 g/mol. The first-order valence-corrected chi connectivity index (χ1v) is 9.75. The van der Waals surface area contributed by atoms with Gasteiger partial charge in [-0.3, -0.25) is 0 Å². The van der Waals surface area contributed by atoms with Crippen LogP contribution in [0.25, 0.3) is 0 Å². The summed E-state index contributed by atoms with van der Waals surface area (Å²) in [6.07, 6.45) is 6.34. The zero-order valence-corrected chi connectivity index (χ0v) is 17.4. The Kier molecular flexibility index (Phi) is 12.1. The van der Waals surface area contributed by atoms with Crippen molar-refractivity contribution in [1.82, 2.24) is 0 Å². The van der Waals surface area contributed by atoms with Crippen LogP contribution < -0.4 is 19.8 Å². The van der Waals surface area contributed by atoms with Crippen LogP contribution in [0.2, 0.25) is 0 Å². The molecule has 1 atom stereocenters. The summed E-state index contributed by atoms with van der Waals surface area (Å²) >= 11 is 0. The maximum Gasteiger partial charge on any atom is 0.130 e. The number of hydrogen-bond acceptors (Lipinski definition) is 3. The van der Waals surface area contributed by atoms with E-state index in [4.69, 9.17) is 0 Å². The Morgan fingerprint density at radius 1 is 0.821 bits per heavy atom. The molecule has 0 saturated heterocycles. The second-order valence-electron chi connectivity index (χ2n) is 7.05. The lowest BCUT2D eigenvalue weighted by atomic mass is 10.0. The van der Waals surface area contributed by atoms with Gasteiger partial charge >= 0.3 is 0 Å². The summed E-state index contributed by atoms with van der Waals surface area (Å²) in [5.74, 6) is 0. The molecule has 2 N–H and O–H groups in total. The Hall–Kier alpha value is -1.96. The molecule has 0 saturated carbocycles. The van der Waals surface area contributed by atoms with E-state index in [1.54, 1.807) is 6.08 Å². The summed E-state index contributed by atoms with van der Waals surface area (Å²) in [4.78, 5) is 2.74. The fourth-order valence-corrected chi connectivity index (χ4v) is 2.58. The van der Waals surface area contributed by atoms with Gasteiger partial charge in [0, 0.05) is 0 Å². The highest BCUT2D eigenvalue weighted by molar-refractivity contribution is 6.28. The van der Waals surface area contributed by atoms with Crippen molar-refractivity contribution in [1.29, 1.82) is 0 Å². The fourth-order valence-electron chi connectivity index (χ4n) is 2.58. The highest BCUT2D eigenvalue weighted by atomic mass is 16.6. The van der Waals surface area contributed by atoms with Crippen LogP contribution in [-0.2, 0) is 4.65 Å². The number of para-hydroxylation sites is 2. The van der Waals surface area contributed by atoms with Crippen LogP contribution in [0.1, 0.15) is 19.3 Å². The molecule has 2 aromatic carbocycles. The first-order valence-electron chi connectivity index (χ1n) is 9.75. The van der Waals surface area contributed by atoms with Crippen LogP contribution in [0, 0.1) is 0 Å². The first kappa shape index (κ1) is 24.1. The minimum Gasteiger partial charge on any atom is -0.871 e. The Balaban J connectivity index is 0.000000210. The van der Waals surface area contributed by atoms with Crippen molar-refractivity contribution in [2.45, 2.75) is 25.4 Å². The molecule has 2 aromatic rings. The minimum atomic E-state index is -2.13. The zero-order valence-electron chi connectivity index (χ0n) is 17.4. The van der Waals surface area contributed by atoms with E-state index in [9.17, 15) is 10.0 Å². The van der Waals surface area contributed by atoms with E-state index in [2.05, 4.69) is 81.4 Å². The Morgan fingerprint density at radius 3 is 1.57 bits per heavy atom. The molecule has 0 fully saturated rings. The molecule has 6 heteroatoms. The summed E-state index contributed by atoms with van der Waals surface area (Å²) in [5, 5.41) is 20.0. The summed E-state index contributed by atoms with van der Waals surface area (Å²) < 4.78 is 4.49. The number of quaternary nitrogens is 2. The number of allylic oxidation sites excluding steroid dienone is 1. The van der Waals surface area contributed by atoms with E-state index in [1.165, 1.54) is 21.2 Å². The van der Waals surface area contributed by atoms with Crippen LogP contribution in [0.3, 0.4) is 0 Å². The van der Waals surface area contributed by atoms with E-state index in [1.807, 2.05) is 18.2 Å². The molecule has 0 aliphatic heterocycles. The van der Waals surface area contributed by atoms with Gasteiger partial charge in [0.05, 0.1) is 41.6 Å². The van der Waals surface area contributed by atoms with Crippen molar-refractivity contribution in [3.63, 3.8) is 0 Å². The minimum absolute atomic E-state index is 0.228. The maximum absolute atomic E-state index is 9.98. The lowest BCUT2D eigenvalue weighted by molar-refractivity contribution is -0.786. The molecule has 0 spiro atoms. The lowest BCUT2D eigenvalue weighted by Crippen LogP contribution is -3.00. The smallest absolute Gasteiger partial charge is 0.130 e. The topological polar surface area (TPSA) is 64.2 Å². The first-order chi connectivity index (χ1) is 13.4. The summed E-state index contributed by atoms with van der Waals surface area (Å²) in [6, 6.07) is 20.8. The molecule has 28 heavy (non-hydrogen) atoms. The Morgan fingerprint density at radius 2 is 1.29 bits per heavy atom. The summed E-state index contributed by atoms with van der Waals surface area (Å²) in [5.41, 5.74) is 2.66. The molecule has 0 radical (unpaired) electrons. The third-order valence-electron chi connectivity index (χ3n) is 4.20. The van der Waals surface area contributed by atoms with Crippen LogP contribution >= 0.6 is 0 Å². The second kappa shape index (κ2) is 14.1. The lowest BCUT2D eigenvalue weighted by Gasteiger charge is -2.31. The van der Waals surface area contributed by atoms with E-state index in [-0.39, 0.29) is 6.10 Å². The van der Waals surface area contributed by atoms with Crippen molar-refractivity contribution < 1.29 is 24.5 Å². The van der Waals surface area contributed by atoms with Gasteiger partial charge in [0.2, 0.25) is 0 Å². The van der Waals surface area contributed by atoms with Gasteiger partial charge in [0.1, 0.15) is 11.4 Å². The van der Waals surface area contributed by atoms with Gasteiger partial charge in [-0.25, -0.2) is 0 Å². The molecule has 1 unspecified atom stereocenters. The zero-order chi connectivity index (χ0) is 20.8. The molecule has 3 rings (SSSR count). The van der Waals surface area contributed by atoms with Gasteiger partial charge in [0.15, 0.2) is 0 Å². The van der Waals surface area contributed by atoms with E-state index in [0.29, 0.717) is 0 Å². The number of hydrogen-bond donors (Lipinski definition) is 2. The van der Waals surface area contributed by atoms with Gasteiger partial charge in [0.25, 0.3) is 0 Å². The molecule has 0 amide bonds. The summed E-state index contributed by atoms with van der Waals surface area (Å²) in [7, 11) is 6.35. The number of benzene rings is 2. The number of nitrogens with one attached hydrogen (secondary N) is 2. The quantitative estimate of drug-likeness (QED) is 0.564. The maximum atomic E-state index is 9.98. The van der Waals surface area contributed by atoms with Gasteiger partial charge in [-0.05, 0) is 43.5 Å². The third-order valence-corrected chi connectivity index (χ3v) is 4.20. The standard InChI is InChI=1S/2C8H11N.C6H9BO3/c2*1-9(2)8-6-4-3-5-7-8;8-7(9)10-6-4-2-1-3-5-6/h2*3-7H,1-2H3;2,4,6H,1,3,5H2/q;;-2/p+2. The van der Waals surface area contributed by atoms with Crippen molar-refractivity contribution in [3.8, 4) is 0 Å². The van der Waals surface area contributed by atoms with Crippen molar-refractivity contribution in [2.75, 3.05) is 28.2 Å². The molecule has 0 heterocycles. The predicted octanol–water partition coefficient (Wildman–Crippen LogP) is -0.258. The molecule has 0 aromatic heterocycles. The Labute approximate surface area is 170 Å². The molecule has 1 aliphatic carbocycles. The van der Waals surface area contributed by atoms with Crippen molar-refractivity contribution >= 4 is 18.7 Å². The van der Waals surface area contributed by atoms with E-state index < -0.39 is 7.32 Å². The van der Waals surface area contributed by atoms with Crippen LogP contribution in [0.4, 0.5) is 11.4 Å². The summed E-state index contributed by atoms with van der Waals surface area (Å²) in [6.45, 7) is 0. The highest BCUT2D eigenvalue weighted by Crippen LogP contribution is 2.12. The highest BCUT2D eigenvalue weighted by Gasteiger charge is 2.05. The van der Waals surface area contributed by atoms with E-state index >= 15 is 0 Å². The molecule has 5 nitrogen and oxygen atoms in total. The number of rotatable bonds is 4. The van der Waals surface area contributed by atoms with Gasteiger partial charge in [-0.15, -0.1) is 0 Å². The SMILES string of the molecule is C[NH+](C)c1ccccc1.C[NH+](C)c1ccccc1.[O-]B([O-])OC1C=CCCC1. The molecule has 152 valence electrons. The van der Waals surface area contributed by atoms with Gasteiger partial charge in [-0.2, -0.15) is 0 Å². The average Bonchev–Trinajstić information content (AvgIpc) is 2.70. The normalized spacial score (nSPS) is 15.4. The van der Waals surface area contributed by atoms with Crippen molar-refractivity contribution in [2.24, 2.45) is 0 Å². The fraction of sp³-hybridized carbons (Fsp3) is 0.364.